The van der Waals surface area contributed by atoms with Crippen LogP contribution < -0.4 is 0 Å². The fourth-order valence-electron chi connectivity index (χ4n) is 2.64. The van der Waals surface area contributed by atoms with E-state index in [4.69, 9.17) is 0 Å². The molecule has 0 bridgehead atoms. The second-order valence-corrected chi connectivity index (χ2v) is 7.82. The highest BCUT2D eigenvalue weighted by molar-refractivity contribution is 5.78. The van der Waals surface area contributed by atoms with Crippen LogP contribution in [0.25, 0.3) is 0 Å². The summed E-state index contributed by atoms with van der Waals surface area (Å²) in [5.74, 6) is 0.179. The number of β-amino-alcohol motifs (C(OH)–C–C–N with tert-alkyl or cyclic N) is 1. The molecular formula is C18H35N3O2. The van der Waals surface area contributed by atoms with E-state index in [1.807, 2.05) is 18.7 Å². The Hall–Kier alpha value is -0.910. The summed E-state index contributed by atoms with van der Waals surface area (Å²) in [6.45, 7) is 20.2. The van der Waals surface area contributed by atoms with Gasteiger partial charge < -0.3 is 10.0 Å². The average molecular weight is 325 g/mol. The van der Waals surface area contributed by atoms with Crippen LogP contribution in [-0.2, 0) is 4.79 Å². The largest absolute Gasteiger partial charge is 0.391 e. The van der Waals surface area contributed by atoms with E-state index in [0.717, 1.165) is 38.3 Å². The Morgan fingerprint density at radius 3 is 2.17 bits per heavy atom. The van der Waals surface area contributed by atoms with Gasteiger partial charge in [-0.05, 0) is 19.3 Å². The molecule has 1 fully saturated rings. The van der Waals surface area contributed by atoms with Gasteiger partial charge >= 0.3 is 0 Å². The van der Waals surface area contributed by atoms with Crippen LogP contribution in [0.4, 0.5) is 0 Å². The maximum absolute atomic E-state index is 12.4. The zero-order valence-electron chi connectivity index (χ0n) is 15.6. The minimum atomic E-state index is -0.318. The summed E-state index contributed by atoms with van der Waals surface area (Å²) in [6, 6.07) is 0. The molecule has 0 aliphatic carbocycles. The van der Waals surface area contributed by atoms with Gasteiger partial charge in [0.2, 0.25) is 5.91 Å². The highest BCUT2D eigenvalue weighted by Crippen LogP contribution is 2.20. The Balaban J connectivity index is 2.38. The van der Waals surface area contributed by atoms with Crippen molar-refractivity contribution in [3.63, 3.8) is 0 Å². The normalized spacial score (nSPS) is 18.7. The fourth-order valence-corrected chi connectivity index (χ4v) is 2.64. The molecule has 0 unspecified atom stereocenters. The minimum absolute atomic E-state index is 0.0860. The maximum Gasteiger partial charge on any atom is 0.237 e. The summed E-state index contributed by atoms with van der Waals surface area (Å²) < 4.78 is 0. The summed E-state index contributed by atoms with van der Waals surface area (Å²) in [4.78, 5) is 18.7. The van der Waals surface area contributed by atoms with Crippen LogP contribution in [0.5, 0.6) is 0 Å². The summed E-state index contributed by atoms with van der Waals surface area (Å²) in [5, 5.41) is 10.2. The van der Waals surface area contributed by atoms with Crippen molar-refractivity contribution in [2.45, 2.75) is 40.7 Å². The van der Waals surface area contributed by atoms with Crippen molar-refractivity contribution in [2.24, 2.45) is 5.41 Å². The lowest BCUT2D eigenvalue weighted by Crippen LogP contribution is -2.52. The first-order valence-electron chi connectivity index (χ1n) is 8.68. The monoisotopic (exact) mass is 325 g/mol. The number of hydrogen-bond donors (Lipinski definition) is 1. The van der Waals surface area contributed by atoms with Crippen molar-refractivity contribution >= 4 is 5.91 Å². The first kappa shape index (κ1) is 20.1. The van der Waals surface area contributed by atoms with Gasteiger partial charge in [0.25, 0.3) is 0 Å². The van der Waals surface area contributed by atoms with Gasteiger partial charge in [0.15, 0.2) is 0 Å². The first-order chi connectivity index (χ1) is 10.6. The SMILES string of the molecule is C=C(C)CN(CC)C(=O)CN1CCN(C[C@@H](O)C(C)(C)C)CC1. The number of aliphatic hydroxyl groups excluding tert-OH is 1. The maximum atomic E-state index is 12.4. The number of likely N-dealkylation sites (N-methyl/N-ethyl adjacent to an activating group) is 1. The topological polar surface area (TPSA) is 47.0 Å². The number of amides is 1. The number of carbonyl (C=O) groups is 1. The second kappa shape index (κ2) is 8.81. The molecule has 1 aliphatic rings. The zero-order chi connectivity index (χ0) is 17.6. The van der Waals surface area contributed by atoms with Crippen molar-refractivity contribution in [2.75, 3.05) is 52.4 Å². The summed E-state index contributed by atoms with van der Waals surface area (Å²) in [6.07, 6.45) is -0.318. The minimum Gasteiger partial charge on any atom is -0.391 e. The van der Waals surface area contributed by atoms with E-state index in [9.17, 15) is 9.90 Å². The van der Waals surface area contributed by atoms with E-state index >= 15 is 0 Å². The quantitative estimate of drug-likeness (QED) is 0.720. The zero-order valence-corrected chi connectivity index (χ0v) is 15.6. The standard InChI is InChI=1S/C18H35N3O2/c1-7-21(12-15(2)3)17(23)14-20-10-8-19(9-11-20)13-16(22)18(4,5)6/h16,22H,2,7-14H2,1,3-6H3/t16-/m1/s1. The van der Waals surface area contributed by atoms with Gasteiger partial charge in [-0.2, -0.15) is 0 Å². The molecule has 1 rings (SSSR count). The predicted octanol–water partition coefficient (Wildman–Crippen LogP) is 1.44. The Morgan fingerprint density at radius 1 is 1.22 bits per heavy atom. The molecular weight excluding hydrogens is 290 g/mol. The van der Waals surface area contributed by atoms with Gasteiger partial charge in [0.05, 0.1) is 12.6 Å². The lowest BCUT2D eigenvalue weighted by atomic mass is 9.89. The Kier molecular flexibility index (Phi) is 7.71. The van der Waals surface area contributed by atoms with Crippen LogP contribution in [0.1, 0.15) is 34.6 Å². The molecule has 0 spiro atoms. The van der Waals surface area contributed by atoms with Crippen LogP contribution in [0.2, 0.25) is 0 Å². The molecule has 5 nitrogen and oxygen atoms in total. The highest BCUT2D eigenvalue weighted by atomic mass is 16.3. The number of carbonyl (C=O) groups excluding carboxylic acids is 1. The van der Waals surface area contributed by atoms with Gasteiger partial charge in [0.1, 0.15) is 0 Å². The van der Waals surface area contributed by atoms with Crippen molar-refractivity contribution < 1.29 is 9.90 Å². The third-order valence-electron chi connectivity index (χ3n) is 4.45. The summed E-state index contributed by atoms with van der Waals surface area (Å²) in [5.41, 5.74) is 0.929. The molecule has 1 N–H and O–H groups in total. The van der Waals surface area contributed by atoms with Gasteiger partial charge in [0, 0.05) is 45.8 Å². The summed E-state index contributed by atoms with van der Waals surface area (Å²) in [7, 11) is 0. The predicted molar refractivity (Wildman–Crippen MR) is 95.4 cm³/mol. The Morgan fingerprint density at radius 2 is 1.74 bits per heavy atom. The van der Waals surface area contributed by atoms with Crippen molar-refractivity contribution in [1.82, 2.24) is 14.7 Å². The Labute approximate surface area is 141 Å². The van der Waals surface area contributed by atoms with Crippen molar-refractivity contribution in [3.8, 4) is 0 Å². The average Bonchev–Trinajstić information content (AvgIpc) is 2.45. The van der Waals surface area contributed by atoms with E-state index in [1.165, 1.54) is 0 Å². The number of piperazine rings is 1. The third kappa shape index (κ3) is 7.02. The molecule has 23 heavy (non-hydrogen) atoms. The van der Waals surface area contributed by atoms with Crippen LogP contribution in [-0.4, -0.2) is 84.2 Å². The van der Waals surface area contributed by atoms with E-state index in [0.29, 0.717) is 19.6 Å². The van der Waals surface area contributed by atoms with Gasteiger partial charge in [-0.3, -0.25) is 14.6 Å². The molecule has 134 valence electrons. The van der Waals surface area contributed by atoms with Crippen molar-refractivity contribution in [1.29, 1.82) is 0 Å². The fraction of sp³-hybridized carbons (Fsp3) is 0.833. The molecule has 1 aliphatic heterocycles. The van der Waals surface area contributed by atoms with Crippen LogP contribution in [0, 0.1) is 5.41 Å². The van der Waals surface area contributed by atoms with Gasteiger partial charge in [-0.1, -0.05) is 32.9 Å². The summed E-state index contributed by atoms with van der Waals surface area (Å²) >= 11 is 0. The molecule has 0 aromatic heterocycles. The lowest BCUT2D eigenvalue weighted by Gasteiger charge is -2.38. The number of nitrogens with zero attached hydrogens (tertiary/aromatic N) is 3. The molecule has 0 radical (unpaired) electrons. The number of hydrogen-bond acceptors (Lipinski definition) is 4. The molecule has 0 aromatic rings. The third-order valence-corrected chi connectivity index (χ3v) is 4.45. The van der Waals surface area contributed by atoms with Crippen molar-refractivity contribution in [3.05, 3.63) is 12.2 Å². The van der Waals surface area contributed by atoms with E-state index in [2.05, 4.69) is 37.1 Å². The van der Waals surface area contributed by atoms with E-state index in [1.54, 1.807) is 0 Å². The molecule has 0 aromatic carbocycles. The second-order valence-electron chi connectivity index (χ2n) is 7.82. The smallest absolute Gasteiger partial charge is 0.237 e. The van der Waals surface area contributed by atoms with E-state index in [-0.39, 0.29) is 17.4 Å². The molecule has 1 heterocycles. The molecule has 1 atom stereocenters. The van der Waals surface area contributed by atoms with Crippen LogP contribution >= 0.6 is 0 Å². The van der Waals surface area contributed by atoms with Gasteiger partial charge in [-0.25, -0.2) is 0 Å². The highest BCUT2D eigenvalue weighted by Gasteiger charge is 2.27. The molecule has 1 saturated heterocycles. The molecule has 5 heteroatoms. The van der Waals surface area contributed by atoms with Crippen LogP contribution in [0.3, 0.4) is 0 Å². The molecule has 1 amide bonds. The van der Waals surface area contributed by atoms with Crippen LogP contribution in [0.15, 0.2) is 12.2 Å². The van der Waals surface area contributed by atoms with E-state index < -0.39 is 0 Å². The first-order valence-corrected chi connectivity index (χ1v) is 8.68. The number of aliphatic hydroxyl groups is 1. The lowest BCUT2D eigenvalue weighted by molar-refractivity contribution is -0.132. The van der Waals surface area contributed by atoms with Gasteiger partial charge in [-0.15, -0.1) is 0 Å². The molecule has 0 saturated carbocycles. The number of rotatable bonds is 7. The Bertz CT molecular complexity index is 396.